The Balaban J connectivity index is 1.61. The second-order valence-electron chi connectivity index (χ2n) is 5.25. The number of benzene rings is 1. The fourth-order valence-corrected chi connectivity index (χ4v) is 2.75. The molecule has 1 aromatic heterocycles. The molecule has 1 heterocycles. The molecule has 1 fully saturated rings. The van der Waals surface area contributed by atoms with Crippen molar-refractivity contribution in [1.29, 1.82) is 0 Å². The molecule has 1 aromatic carbocycles. The van der Waals surface area contributed by atoms with E-state index in [9.17, 15) is 9.59 Å². The van der Waals surface area contributed by atoms with E-state index in [2.05, 4.69) is 10.4 Å². The number of amides is 1. The summed E-state index contributed by atoms with van der Waals surface area (Å²) in [6.45, 7) is -0.235. The summed E-state index contributed by atoms with van der Waals surface area (Å²) in [6.07, 6.45) is 2.27. The molecule has 7 heteroatoms. The van der Waals surface area contributed by atoms with Crippen molar-refractivity contribution in [3.63, 3.8) is 0 Å². The smallest absolute Gasteiger partial charge is 0.325 e. The molecule has 1 saturated carbocycles. The van der Waals surface area contributed by atoms with Gasteiger partial charge in [0.1, 0.15) is 6.54 Å². The SMILES string of the molecule is O=C(O)Cn1ccc(NC(=O)[C@H]2C[C@@H]2c2ccccc2Cl)n1. The van der Waals surface area contributed by atoms with Crippen LogP contribution in [0.15, 0.2) is 36.5 Å². The van der Waals surface area contributed by atoms with E-state index in [-0.39, 0.29) is 24.3 Å². The monoisotopic (exact) mass is 319 g/mol. The standard InChI is InChI=1S/C15H14ClN3O3/c16-12-4-2-1-3-9(12)10-7-11(10)15(22)17-13-5-6-19(18-13)8-14(20)21/h1-6,10-11H,7-8H2,(H,20,21)(H,17,18,22)/t10-,11+/m1/s1. The minimum Gasteiger partial charge on any atom is -0.480 e. The van der Waals surface area contributed by atoms with Crippen LogP contribution < -0.4 is 5.32 Å². The highest BCUT2D eigenvalue weighted by atomic mass is 35.5. The molecular weight excluding hydrogens is 306 g/mol. The third-order valence-corrected chi connectivity index (χ3v) is 3.97. The molecule has 0 spiro atoms. The number of carboxylic acid groups (broad SMARTS) is 1. The largest absolute Gasteiger partial charge is 0.480 e. The molecule has 1 aliphatic rings. The third-order valence-electron chi connectivity index (χ3n) is 3.62. The average molecular weight is 320 g/mol. The maximum atomic E-state index is 12.2. The maximum absolute atomic E-state index is 12.2. The van der Waals surface area contributed by atoms with Gasteiger partial charge in [0.2, 0.25) is 5.91 Å². The Morgan fingerprint density at radius 3 is 2.86 bits per heavy atom. The van der Waals surface area contributed by atoms with Gasteiger partial charge >= 0.3 is 5.97 Å². The first kappa shape index (κ1) is 14.6. The van der Waals surface area contributed by atoms with Crippen molar-refractivity contribution in [2.75, 3.05) is 5.32 Å². The number of nitrogens with zero attached hydrogens (tertiary/aromatic N) is 2. The van der Waals surface area contributed by atoms with Crippen LogP contribution in [0.25, 0.3) is 0 Å². The highest BCUT2D eigenvalue weighted by molar-refractivity contribution is 6.31. The number of anilines is 1. The maximum Gasteiger partial charge on any atom is 0.325 e. The van der Waals surface area contributed by atoms with Crippen LogP contribution in [0.1, 0.15) is 17.9 Å². The van der Waals surface area contributed by atoms with Crippen molar-refractivity contribution < 1.29 is 14.7 Å². The second kappa shape index (κ2) is 5.81. The Labute approximate surface area is 131 Å². The van der Waals surface area contributed by atoms with E-state index in [1.165, 1.54) is 10.9 Å². The lowest BCUT2D eigenvalue weighted by molar-refractivity contribution is -0.137. The first-order valence-corrected chi connectivity index (χ1v) is 7.23. The molecule has 1 amide bonds. The molecule has 6 nitrogen and oxygen atoms in total. The number of carbonyl (C=O) groups excluding carboxylic acids is 1. The Bertz CT molecular complexity index is 728. The van der Waals surface area contributed by atoms with Gasteiger partial charge in [0.25, 0.3) is 0 Å². The van der Waals surface area contributed by atoms with E-state index >= 15 is 0 Å². The number of aliphatic carboxylic acids is 1. The van der Waals surface area contributed by atoms with E-state index in [1.54, 1.807) is 6.07 Å². The van der Waals surface area contributed by atoms with Crippen LogP contribution in [-0.2, 0) is 16.1 Å². The van der Waals surface area contributed by atoms with E-state index in [0.717, 1.165) is 12.0 Å². The normalized spacial score (nSPS) is 19.7. The summed E-state index contributed by atoms with van der Waals surface area (Å²) >= 11 is 6.14. The summed E-state index contributed by atoms with van der Waals surface area (Å²) in [5.74, 6) is -0.733. The lowest BCUT2D eigenvalue weighted by Crippen LogP contribution is -2.16. The first-order valence-electron chi connectivity index (χ1n) is 6.85. The van der Waals surface area contributed by atoms with Crippen molar-refractivity contribution in [2.24, 2.45) is 5.92 Å². The number of carboxylic acids is 1. The molecular formula is C15H14ClN3O3. The highest BCUT2D eigenvalue weighted by Gasteiger charge is 2.44. The zero-order valence-electron chi connectivity index (χ0n) is 11.6. The number of rotatable bonds is 5. The van der Waals surface area contributed by atoms with Gasteiger partial charge < -0.3 is 10.4 Å². The Morgan fingerprint density at radius 2 is 2.14 bits per heavy atom. The molecule has 114 valence electrons. The fourth-order valence-electron chi connectivity index (χ4n) is 2.48. The predicted octanol–water partition coefficient (Wildman–Crippen LogP) is 2.36. The molecule has 0 bridgehead atoms. The van der Waals surface area contributed by atoms with Gasteiger partial charge in [-0.2, -0.15) is 5.10 Å². The number of hydrogen-bond donors (Lipinski definition) is 2. The highest BCUT2D eigenvalue weighted by Crippen LogP contribution is 2.49. The average Bonchev–Trinajstić information content (AvgIpc) is 3.14. The van der Waals surface area contributed by atoms with Crippen LogP contribution >= 0.6 is 11.6 Å². The van der Waals surface area contributed by atoms with Gasteiger partial charge in [-0.3, -0.25) is 14.3 Å². The van der Waals surface area contributed by atoms with E-state index < -0.39 is 5.97 Å². The molecule has 3 rings (SSSR count). The Morgan fingerprint density at radius 1 is 1.36 bits per heavy atom. The zero-order valence-corrected chi connectivity index (χ0v) is 12.3. The van der Waals surface area contributed by atoms with Gasteiger partial charge in [-0.15, -0.1) is 0 Å². The van der Waals surface area contributed by atoms with Crippen molar-refractivity contribution >= 4 is 29.3 Å². The van der Waals surface area contributed by atoms with E-state index in [0.29, 0.717) is 10.8 Å². The number of hydrogen-bond acceptors (Lipinski definition) is 3. The molecule has 0 unspecified atom stereocenters. The van der Waals surface area contributed by atoms with Crippen molar-refractivity contribution in [3.8, 4) is 0 Å². The summed E-state index contributed by atoms with van der Waals surface area (Å²) in [5, 5.41) is 16.1. The summed E-state index contributed by atoms with van der Waals surface area (Å²) in [4.78, 5) is 22.8. The lowest BCUT2D eigenvalue weighted by atomic mass is 10.1. The second-order valence-corrected chi connectivity index (χ2v) is 5.66. The third kappa shape index (κ3) is 3.12. The molecule has 0 saturated heterocycles. The topological polar surface area (TPSA) is 84.2 Å². The minimum atomic E-state index is -0.984. The summed E-state index contributed by atoms with van der Waals surface area (Å²) in [5.41, 5.74) is 0.987. The summed E-state index contributed by atoms with van der Waals surface area (Å²) in [6, 6.07) is 9.09. The van der Waals surface area contributed by atoms with Crippen molar-refractivity contribution in [2.45, 2.75) is 18.9 Å². The van der Waals surface area contributed by atoms with E-state index in [4.69, 9.17) is 16.7 Å². The Hall–Kier alpha value is -2.34. The van der Waals surface area contributed by atoms with Gasteiger partial charge in [-0.25, -0.2) is 0 Å². The van der Waals surface area contributed by atoms with Gasteiger partial charge in [0.15, 0.2) is 5.82 Å². The molecule has 0 aliphatic heterocycles. The number of halogens is 1. The quantitative estimate of drug-likeness (QED) is 0.886. The van der Waals surface area contributed by atoms with Crippen molar-refractivity contribution in [3.05, 3.63) is 47.1 Å². The number of carbonyl (C=O) groups is 2. The summed E-state index contributed by atoms with van der Waals surface area (Å²) < 4.78 is 1.26. The van der Waals surface area contributed by atoms with Crippen LogP contribution in [0.4, 0.5) is 5.82 Å². The van der Waals surface area contributed by atoms with Gasteiger partial charge in [0.05, 0.1) is 0 Å². The molecule has 2 atom stereocenters. The van der Waals surface area contributed by atoms with Crippen LogP contribution in [0.3, 0.4) is 0 Å². The number of nitrogens with one attached hydrogen (secondary N) is 1. The zero-order chi connectivity index (χ0) is 15.7. The summed E-state index contributed by atoms with van der Waals surface area (Å²) in [7, 11) is 0. The van der Waals surface area contributed by atoms with Gasteiger partial charge in [-0.05, 0) is 24.0 Å². The van der Waals surface area contributed by atoms with E-state index in [1.807, 2.05) is 24.3 Å². The predicted molar refractivity (Wildman–Crippen MR) is 80.8 cm³/mol. The van der Waals surface area contributed by atoms with Crippen LogP contribution in [0.2, 0.25) is 5.02 Å². The van der Waals surface area contributed by atoms with Gasteiger partial charge in [0, 0.05) is 23.2 Å². The fraction of sp³-hybridized carbons (Fsp3) is 0.267. The molecule has 2 N–H and O–H groups in total. The molecule has 1 aliphatic carbocycles. The van der Waals surface area contributed by atoms with Crippen LogP contribution in [0, 0.1) is 5.92 Å². The van der Waals surface area contributed by atoms with Crippen LogP contribution in [0.5, 0.6) is 0 Å². The lowest BCUT2D eigenvalue weighted by Gasteiger charge is -2.04. The molecule has 2 aromatic rings. The number of aromatic nitrogens is 2. The first-order chi connectivity index (χ1) is 10.5. The van der Waals surface area contributed by atoms with Crippen LogP contribution in [-0.4, -0.2) is 26.8 Å². The van der Waals surface area contributed by atoms with Gasteiger partial charge in [-0.1, -0.05) is 29.8 Å². The Kier molecular flexibility index (Phi) is 3.85. The van der Waals surface area contributed by atoms with Crippen molar-refractivity contribution in [1.82, 2.24) is 9.78 Å². The molecule has 22 heavy (non-hydrogen) atoms. The minimum absolute atomic E-state index is 0.120. The molecule has 0 radical (unpaired) electrons.